The van der Waals surface area contributed by atoms with Gasteiger partial charge < -0.3 is 20.1 Å². The SMILES string of the molecule is COc1ccccc1C(=O)NCCC(=O)OCC(=O)c1ccc2c(c1)[C@H](C)C(=O)N2. The van der Waals surface area contributed by atoms with Crippen LogP contribution in [0.4, 0.5) is 5.69 Å². The summed E-state index contributed by atoms with van der Waals surface area (Å²) >= 11 is 0. The number of Topliss-reactive ketones (excluding diaryl/α,β-unsaturated/α-hetero) is 1. The molecule has 0 spiro atoms. The molecule has 0 radical (unpaired) electrons. The van der Waals surface area contributed by atoms with Gasteiger partial charge in [0.25, 0.3) is 5.91 Å². The minimum atomic E-state index is -0.602. The highest BCUT2D eigenvalue weighted by molar-refractivity contribution is 6.05. The van der Waals surface area contributed by atoms with Gasteiger partial charge in [-0.15, -0.1) is 0 Å². The van der Waals surface area contributed by atoms with Gasteiger partial charge in [0.15, 0.2) is 12.4 Å². The van der Waals surface area contributed by atoms with Crippen molar-refractivity contribution in [1.29, 1.82) is 0 Å². The number of anilines is 1. The van der Waals surface area contributed by atoms with Gasteiger partial charge >= 0.3 is 5.97 Å². The van der Waals surface area contributed by atoms with Crippen LogP contribution in [0.3, 0.4) is 0 Å². The summed E-state index contributed by atoms with van der Waals surface area (Å²) in [6, 6.07) is 11.6. The molecule has 0 saturated carbocycles. The Balaban J connectivity index is 1.45. The smallest absolute Gasteiger partial charge is 0.308 e. The molecule has 30 heavy (non-hydrogen) atoms. The minimum absolute atomic E-state index is 0.0635. The van der Waals surface area contributed by atoms with E-state index in [1.807, 2.05) is 0 Å². The highest BCUT2D eigenvalue weighted by Crippen LogP contribution is 2.32. The van der Waals surface area contributed by atoms with Crippen molar-refractivity contribution in [3.8, 4) is 5.75 Å². The van der Waals surface area contributed by atoms with E-state index in [-0.39, 0.29) is 36.5 Å². The summed E-state index contributed by atoms with van der Waals surface area (Å²) in [5.74, 6) is -1.35. The quantitative estimate of drug-likeness (QED) is 0.510. The van der Waals surface area contributed by atoms with Gasteiger partial charge in [0.2, 0.25) is 5.91 Å². The summed E-state index contributed by atoms with van der Waals surface area (Å²) in [5.41, 5.74) is 2.17. The van der Waals surface area contributed by atoms with Crippen LogP contribution in [0.15, 0.2) is 42.5 Å². The molecule has 1 aliphatic heterocycles. The molecule has 8 heteroatoms. The maximum Gasteiger partial charge on any atom is 0.308 e. The molecule has 1 atom stereocenters. The summed E-state index contributed by atoms with van der Waals surface area (Å²) < 4.78 is 10.1. The van der Waals surface area contributed by atoms with E-state index in [1.54, 1.807) is 49.4 Å². The van der Waals surface area contributed by atoms with Crippen LogP contribution in [0.1, 0.15) is 45.5 Å². The first-order valence-corrected chi connectivity index (χ1v) is 9.45. The zero-order valence-corrected chi connectivity index (χ0v) is 16.7. The van der Waals surface area contributed by atoms with E-state index in [0.29, 0.717) is 22.6 Å². The molecule has 2 amide bonds. The number of fused-ring (bicyclic) bond motifs is 1. The maximum atomic E-state index is 12.3. The highest BCUT2D eigenvalue weighted by atomic mass is 16.5. The van der Waals surface area contributed by atoms with Gasteiger partial charge in [0, 0.05) is 17.8 Å². The molecule has 0 aromatic heterocycles. The summed E-state index contributed by atoms with van der Waals surface area (Å²) in [5, 5.41) is 5.35. The third-order valence-electron chi connectivity index (χ3n) is 4.82. The van der Waals surface area contributed by atoms with Crippen LogP contribution in [-0.4, -0.2) is 43.8 Å². The van der Waals surface area contributed by atoms with Crippen molar-refractivity contribution < 1.29 is 28.7 Å². The van der Waals surface area contributed by atoms with Crippen molar-refractivity contribution in [1.82, 2.24) is 5.32 Å². The number of carbonyl (C=O) groups is 4. The van der Waals surface area contributed by atoms with Crippen LogP contribution in [0.2, 0.25) is 0 Å². The van der Waals surface area contributed by atoms with Gasteiger partial charge in [0.05, 0.1) is 25.0 Å². The zero-order chi connectivity index (χ0) is 21.7. The second-order valence-electron chi connectivity index (χ2n) is 6.80. The number of hydrogen-bond donors (Lipinski definition) is 2. The van der Waals surface area contributed by atoms with Crippen LogP contribution < -0.4 is 15.4 Å². The van der Waals surface area contributed by atoms with Crippen LogP contribution in [0.25, 0.3) is 0 Å². The van der Waals surface area contributed by atoms with Crippen LogP contribution >= 0.6 is 0 Å². The van der Waals surface area contributed by atoms with Gasteiger partial charge in [-0.05, 0) is 42.8 Å². The van der Waals surface area contributed by atoms with E-state index in [2.05, 4.69) is 10.6 Å². The van der Waals surface area contributed by atoms with Gasteiger partial charge in [-0.1, -0.05) is 12.1 Å². The summed E-state index contributed by atoms with van der Waals surface area (Å²) in [4.78, 5) is 48.1. The van der Waals surface area contributed by atoms with Crippen molar-refractivity contribution in [3.05, 3.63) is 59.2 Å². The Bertz CT molecular complexity index is 1000. The molecule has 2 aromatic carbocycles. The van der Waals surface area contributed by atoms with Crippen LogP contribution in [-0.2, 0) is 14.3 Å². The van der Waals surface area contributed by atoms with Gasteiger partial charge in [-0.2, -0.15) is 0 Å². The van der Waals surface area contributed by atoms with Crippen molar-refractivity contribution in [2.75, 3.05) is 25.6 Å². The molecule has 2 aromatic rings. The third-order valence-corrected chi connectivity index (χ3v) is 4.82. The predicted molar refractivity (Wildman–Crippen MR) is 109 cm³/mol. The summed E-state index contributed by atoms with van der Waals surface area (Å²) in [7, 11) is 1.47. The summed E-state index contributed by atoms with van der Waals surface area (Å²) in [6.45, 7) is 1.41. The van der Waals surface area contributed by atoms with Crippen molar-refractivity contribution in [2.24, 2.45) is 0 Å². The number of hydrogen-bond acceptors (Lipinski definition) is 6. The molecule has 0 unspecified atom stereocenters. The molecule has 1 aliphatic rings. The number of rotatable bonds is 8. The van der Waals surface area contributed by atoms with Crippen LogP contribution in [0.5, 0.6) is 5.75 Å². The minimum Gasteiger partial charge on any atom is -0.496 e. The number of carbonyl (C=O) groups excluding carboxylic acids is 4. The fraction of sp³-hybridized carbons (Fsp3) is 0.273. The molecule has 0 aliphatic carbocycles. The number of nitrogens with one attached hydrogen (secondary N) is 2. The number of ketones is 1. The fourth-order valence-electron chi connectivity index (χ4n) is 3.10. The molecule has 0 bridgehead atoms. The first-order valence-electron chi connectivity index (χ1n) is 9.45. The van der Waals surface area contributed by atoms with Crippen LogP contribution in [0, 0.1) is 0 Å². The molecule has 156 valence electrons. The van der Waals surface area contributed by atoms with E-state index in [9.17, 15) is 19.2 Å². The monoisotopic (exact) mass is 410 g/mol. The Morgan fingerprint density at radius 1 is 1.13 bits per heavy atom. The molecule has 8 nitrogen and oxygen atoms in total. The van der Waals surface area contributed by atoms with Gasteiger partial charge in [-0.25, -0.2) is 0 Å². The molecule has 1 heterocycles. The molecular weight excluding hydrogens is 388 g/mol. The second-order valence-corrected chi connectivity index (χ2v) is 6.80. The highest BCUT2D eigenvalue weighted by Gasteiger charge is 2.27. The third kappa shape index (κ3) is 4.65. The first kappa shape index (κ1) is 21.0. The second kappa shape index (κ2) is 9.21. The average Bonchev–Trinajstić information content (AvgIpc) is 3.04. The number of methoxy groups -OCH3 is 1. The van der Waals surface area contributed by atoms with E-state index in [1.165, 1.54) is 7.11 Å². The number of para-hydroxylation sites is 1. The van der Waals surface area contributed by atoms with E-state index in [4.69, 9.17) is 9.47 Å². The largest absolute Gasteiger partial charge is 0.496 e. The first-order chi connectivity index (χ1) is 14.4. The number of benzene rings is 2. The summed E-state index contributed by atoms with van der Waals surface area (Å²) in [6.07, 6.45) is -0.0756. The van der Waals surface area contributed by atoms with E-state index < -0.39 is 12.6 Å². The lowest BCUT2D eigenvalue weighted by Gasteiger charge is -2.09. The average molecular weight is 410 g/mol. The number of esters is 1. The Morgan fingerprint density at radius 2 is 1.90 bits per heavy atom. The molecule has 3 rings (SSSR count). The Kier molecular flexibility index (Phi) is 6.46. The predicted octanol–water partition coefficient (Wildman–Crippen LogP) is 2.30. The number of amides is 2. The van der Waals surface area contributed by atoms with Gasteiger partial charge in [-0.3, -0.25) is 19.2 Å². The zero-order valence-electron chi connectivity index (χ0n) is 16.7. The fourth-order valence-corrected chi connectivity index (χ4v) is 3.10. The lowest BCUT2D eigenvalue weighted by atomic mass is 9.99. The lowest BCUT2D eigenvalue weighted by molar-refractivity contribution is -0.142. The Morgan fingerprint density at radius 3 is 2.67 bits per heavy atom. The van der Waals surface area contributed by atoms with Crippen molar-refractivity contribution in [3.63, 3.8) is 0 Å². The standard InChI is InChI=1S/C22H22N2O6/c1-13-16-11-14(7-8-17(16)24-21(13)27)18(25)12-30-20(26)9-10-23-22(28)15-5-3-4-6-19(15)29-2/h3-8,11,13H,9-10,12H2,1-2H3,(H,23,28)(H,24,27)/t13-/m0/s1. The maximum absolute atomic E-state index is 12.3. The Labute approximate surface area is 173 Å². The van der Waals surface area contributed by atoms with E-state index >= 15 is 0 Å². The molecular formula is C22H22N2O6. The molecule has 0 fully saturated rings. The molecule has 2 N–H and O–H groups in total. The lowest BCUT2D eigenvalue weighted by Crippen LogP contribution is -2.27. The molecule has 0 saturated heterocycles. The topological polar surface area (TPSA) is 111 Å². The number of ether oxygens (including phenoxy) is 2. The Hall–Kier alpha value is -3.68. The normalized spacial score (nSPS) is 14.5. The van der Waals surface area contributed by atoms with Crippen molar-refractivity contribution in [2.45, 2.75) is 19.3 Å². The van der Waals surface area contributed by atoms with Crippen molar-refractivity contribution >= 4 is 29.3 Å². The van der Waals surface area contributed by atoms with E-state index in [0.717, 1.165) is 5.56 Å². The van der Waals surface area contributed by atoms with Gasteiger partial charge in [0.1, 0.15) is 5.75 Å².